The Hall–Kier alpha value is -0.350. The molecular weight excluding hydrogens is 304 g/mol. The monoisotopic (exact) mass is 320 g/mol. The van der Waals surface area contributed by atoms with Crippen LogP contribution in [0.4, 0.5) is 0 Å². The minimum atomic E-state index is -0.00907. The number of rotatable bonds is 6. The molecule has 1 heterocycles. The van der Waals surface area contributed by atoms with Gasteiger partial charge in [-0.05, 0) is 43.1 Å². The van der Waals surface area contributed by atoms with E-state index in [0.717, 1.165) is 28.8 Å². The van der Waals surface area contributed by atoms with E-state index in [1.807, 2.05) is 18.5 Å². The van der Waals surface area contributed by atoms with Gasteiger partial charge in [0.25, 0.3) is 0 Å². The average molecular weight is 322 g/mol. The van der Waals surface area contributed by atoms with Crippen LogP contribution in [0.3, 0.4) is 0 Å². The second-order valence-corrected chi connectivity index (χ2v) is 5.32. The molecule has 3 nitrogen and oxygen atoms in total. The van der Waals surface area contributed by atoms with Crippen molar-refractivity contribution >= 4 is 33.3 Å². The van der Waals surface area contributed by atoms with E-state index in [4.69, 9.17) is 11.6 Å². The van der Waals surface area contributed by atoms with Crippen LogP contribution in [-0.2, 0) is 17.8 Å². The molecule has 1 aromatic heterocycles. The van der Waals surface area contributed by atoms with Crippen molar-refractivity contribution in [3.63, 3.8) is 0 Å². The Balaban J connectivity index is 2.95. The van der Waals surface area contributed by atoms with E-state index in [9.17, 15) is 4.79 Å². The fourth-order valence-electron chi connectivity index (χ4n) is 1.88. The van der Waals surface area contributed by atoms with Gasteiger partial charge in [0, 0.05) is 24.8 Å². The molecule has 0 aliphatic rings. The van der Waals surface area contributed by atoms with Crippen molar-refractivity contribution in [1.29, 1.82) is 0 Å². The van der Waals surface area contributed by atoms with Crippen molar-refractivity contribution in [2.24, 2.45) is 5.92 Å². The van der Waals surface area contributed by atoms with Crippen molar-refractivity contribution < 1.29 is 4.79 Å². The maximum Gasteiger partial charge on any atom is 0.133 e. The molecule has 0 aliphatic carbocycles. The summed E-state index contributed by atoms with van der Waals surface area (Å²) >= 11 is 9.28. The van der Waals surface area contributed by atoms with Gasteiger partial charge in [-0.2, -0.15) is 5.10 Å². The standard InChI is InChI=1S/C12H18BrClN2O/c1-4-16-11(12(13)8(2)15-16)7-10(5-6-14)9(3)17/h10H,4-7H2,1-3H3. The lowest BCUT2D eigenvalue weighted by atomic mass is 9.96. The molecule has 1 atom stereocenters. The third-order valence-electron chi connectivity index (χ3n) is 2.93. The van der Waals surface area contributed by atoms with Gasteiger partial charge >= 0.3 is 0 Å². The Morgan fingerprint density at radius 2 is 2.24 bits per heavy atom. The highest BCUT2D eigenvalue weighted by atomic mass is 79.9. The van der Waals surface area contributed by atoms with Crippen molar-refractivity contribution in [3.05, 3.63) is 15.9 Å². The average Bonchev–Trinajstić information content (AvgIpc) is 2.55. The van der Waals surface area contributed by atoms with E-state index < -0.39 is 0 Å². The predicted molar refractivity (Wildman–Crippen MR) is 73.6 cm³/mol. The zero-order chi connectivity index (χ0) is 13.0. The lowest BCUT2D eigenvalue weighted by Crippen LogP contribution is -2.17. The van der Waals surface area contributed by atoms with Crippen molar-refractivity contribution in [2.45, 2.75) is 40.2 Å². The van der Waals surface area contributed by atoms with Gasteiger partial charge in [-0.25, -0.2) is 0 Å². The Morgan fingerprint density at radius 3 is 2.71 bits per heavy atom. The van der Waals surface area contributed by atoms with Crippen LogP contribution in [0.2, 0.25) is 0 Å². The fraction of sp³-hybridized carbons (Fsp3) is 0.667. The lowest BCUT2D eigenvalue weighted by Gasteiger charge is -2.13. The molecule has 0 amide bonds. The first kappa shape index (κ1) is 14.7. The highest BCUT2D eigenvalue weighted by Gasteiger charge is 2.20. The van der Waals surface area contributed by atoms with Gasteiger partial charge < -0.3 is 0 Å². The number of Topliss-reactive ketones (excluding diaryl/α,β-unsaturated/α-hetero) is 1. The normalized spacial score (nSPS) is 12.8. The highest BCUT2D eigenvalue weighted by Crippen LogP contribution is 2.25. The molecule has 0 radical (unpaired) electrons. The number of aryl methyl sites for hydroxylation is 2. The summed E-state index contributed by atoms with van der Waals surface area (Å²) in [6.07, 6.45) is 1.43. The number of hydrogen-bond acceptors (Lipinski definition) is 2. The number of aromatic nitrogens is 2. The molecule has 0 aliphatic heterocycles. The Kier molecular flexibility index (Phi) is 5.67. The molecule has 0 aromatic carbocycles. The Labute approximate surface area is 116 Å². The van der Waals surface area contributed by atoms with Crippen LogP contribution in [0.15, 0.2) is 4.47 Å². The molecule has 0 fully saturated rings. The summed E-state index contributed by atoms with van der Waals surface area (Å²) in [6.45, 7) is 6.45. The highest BCUT2D eigenvalue weighted by molar-refractivity contribution is 9.10. The Morgan fingerprint density at radius 1 is 1.59 bits per heavy atom. The fourth-order valence-corrected chi connectivity index (χ4v) is 2.59. The SMILES string of the molecule is CCn1nc(C)c(Br)c1CC(CCCl)C(C)=O. The summed E-state index contributed by atoms with van der Waals surface area (Å²) < 4.78 is 2.96. The lowest BCUT2D eigenvalue weighted by molar-refractivity contribution is -0.120. The summed E-state index contributed by atoms with van der Waals surface area (Å²) in [6, 6.07) is 0. The van der Waals surface area contributed by atoms with Gasteiger partial charge in [-0.15, -0.1) is 11.6 Å². The molecule has 96 valence electrons. The summed E-state index contributed by atoms with van der Waals surface area (Å²) in [5.74, 6) is 0.699. The van der Waals surface area contributed by atoms with Gasteiger partial charge in [-0.3, -0.25) is 9.48 Å². The van der Waals surface area contributed by atoms with E-state index >= 15 is 0 Å². The predicted octanol–water partition coefficient (Wildman–Crippen LogP) is 3.35. The molecule has 0 bridgehead atoms. The van der Waals surface area contributed by atoms with Gasteiger partial charge in [0.15, 0.2) is 0 Å². The number of hydrogen-bond donors (Lipinski definition) is 0. The topological polar surface area (TPSA) is 34.9 Å². The first-order valence-corrected chi connectivity index (χ1v) is 7.12. The first-order chi connectivity index (χ1) is 8.01. The number of nitrogens with zero attached hydrogens (tertiary/aromatic N) is 2. The van der Waals surface area contributed by atoms with Crippen LogP contribution >= 0.6 is 27.5 Å². The molecule has 5 heteroatoms. The number of ketones is 1. The van der Waals surface area contributed by atoms with Gasteiger partial charge in [0.1, 0.15) is 5.78 Å². The van der Waals surface area contributed by atoms with Crippen LogP contribution in [0.5, 0.6) is 0 Å². The van der Waals surface area contributed by atoms with E-state index in [0.29, 0.717) is 12.3 Å². The second kappa shape index (κ2) is 6.55. The van der Waals surface area contributed by atoms with Crippen LogP contribution in [-0.4, -0.2) is 21.4 Å². The maximum atomic E-state index is 11.6. The minimum Gasteiger partial charge on any atom is -0.300 e. The quantitative estimate of drug-likeness (QED) is 0.753. The van der Waals surface area contributed by atoms with E-state index in [1.54, 1.807) is 6.92 Å². The van der Waals surface area contributed by atoms with Crippen LogP contribution < -0.4 is 0 Å². The number of alkyl halides is 1. The molecule has 0 N–H and O–H groups in total. The number of carbonyl (C=O) groups is 1. The summed E-state index contributed by atoms with van der Waals surface area (Å²) in [5.41, 5.74) is 2.06. The molecule has 1 aromatic rings. The van der Waals surface area contributed by atoms with E-state index in [-0.39, 0.29) is 11.7 Å². The van der Waals surface area contributed by atoms with Crippen LogP contribution in [0.25, 0.3) is 0 Å². The third kappa shape index (κ3) is 3.55. The molecule has 1 rings (SSSR count). The molecular formula is C12H18BrClN2O. The van der Waals surface area contributed by atoms with Crippen LogP contribution in [0, 0.1) is 12.8 Å². The summed E-state index contributed by atoms with van der Waals surface area (Å²) in [4.78, 5) is 11.6. The molecule has 0 saturated heterocycles. The van der Waals surface area contributed by atoms with Gasteiger partial charge in [0.2, 0.25) is 0 Å². The van der Waals surface area contributed by atoms with Crippen LogP contribution in [0.1, 0.15) is 31.7 Å². The maximum absolute atomic E-state index is 11.6. The largest absolute Gasteiger partial charge is 0.300 e. The molecule has 17 heavy (non-hydrogen) atoms. The Bertz CT molecular complexity index is 403. The summed E-state index contributed by atoms with van der Waals surface area (Å²) in [5, 5.41) is 4.43. The van der Waals surface area contributed by atoms with Crippen molar-refractivity contribution in [3.8, 4) is 0 Å². The molecule has 1 unspecified atom stereocenters. The third-order valence-corrected chi connectivity index (χ3v) is 4.17. The van der Waals surface area contributed by atoms with Crippen molar-refractivity contribution in [1.82, 2.24) is 9.78 Å². The smallest absolute Gasteiger partial charge is 0.133 e. The number of carbonyl (C=O) groups excluding carboxylic acids is 1. The molecule has 0 spiro atoms. The zero-order valence-electron chi connectivity index (χ0n) is 10.5. The first-order valence-electron chi connectivity index (χ1n) is 5.79. The summed E-state index contributed by atoms with van der Waals surface area (Å²) in [7, 11) is 0. The number of halogens is 2. The zero-order valence-corrected chi connectivity index (χ0v) is 12.8. The minimum absolute atomic E-state index is 0.00907. The van der Waals surface area contributed by atoms with Crippen molar-refractivity contribution in [2.75, 3.05) is 5.88 Å². The van der Waals surface area contributed by atoms with Gasteiger partial charge in [0.05, 0.1) is 15.9 Å². The second-order valence-electron chi connectivity index (χ2n) is 4.15. The van der Waals surface area contributed by atoms with E-state index in [2.05, 4.69) is 21.0 Å². The van der Waals surface area contributed by atoms with Gasteiger partial charge in [-0.1, -0.05) is 0 Å². The molecule has 0 saturated carbocycles. The van der Waals surface area contributed by atoms with E-state index in [1.165, 1.54) is 0 Å².